The fourth-order valence-corrected chi connectivity index (χ4v) is 3.41. The number of benzene rings is 2. The first kappa shape index (κ1) is 20.2. The lowest BCUT2D eigenvalue weighted by atomic mass is 10.2. The number of methoxy groups -OCH3 is 1. The monoisotopic (exact) mass is 392 g/mol. The molecule has 0 saturated heterocycles. The van der Waals surface area contributed by atoms with Crippen molar-refractivity contribution in [2.75, 3.05) is 23.8 Å². The molecule has 0 saturated carbocycles. The van der Waals surface area contributed by atoms with Gasteiger partial charge in [-0.3, -0.25) is 9.52 Å². The third kappa shape index (κ3) is 4.98. The zero-order chi connectivity index (χ0) is 20.0. The van der Waals surface area contributed by atoms with Gasteiger partial charge in [0.25, 0.3) is 10.0 Å². The molecule has 2 rings (SSSR count). The lowest BCUT2D eigenvalue weighted by Gasteiger charge is -2.14. The number of carbonyl (C=O) groups excluding carboxylic acids is 2. The molecule has 0 radical (unpaired) electrons. The zero-order valence-corrected chi connectivity index (χ0v) is 15.9. The molecule has 0 aliphatic rings. The van der Waals surface area contributed by atoms with E-state index in [2.05, 4.69) is 10.0 Å². The van der Waals surface area contributed by atoms with Crippen LogP contribution in [0.2, 0.25) is 0 Å². The van der Waals surface area contributed by atoms with Gasteiger partial charge in [-0.25, -0.2) is 13.2 Å². The molecule has 0 fully saturated rings. The van der Waals surface area contributed by atoms with Crippen molar-refractivity contribution in [3.63, 3.8) is 0 Å². The summed E-state index contributed by atoms with van der Waals surface area (Å²) in [5.74, 6) is -0.691. The Labute approximate surface area is 157 Å². The van der Waals surface area contributed by atoms with Crippen molar-refractivity contribution in [1.29, 1.82) is 0 Å². The van der Waals surface area contributed by atoms with Crippen molar-refractivity contribution in [3.05, 3.63) is 48.0 Å². The van der Waals surface area contributed by atoms with Crippen LogP contribution in [0.1, 0.15) is 24.2 Å². The summed E-state index contributed by atoms with van der Waals surface area (Å²) in [6.45, 7) is 3.12. The standard InChI is InChI=1S/C18H20N2O6S/c1-4-26-18(22)14-7-5-6-8-15(14)20-27(23,24)13-9-10-17(25-3)16(11-13)19-12(2)21/h5-11,20H,4H2,1-3H3,(H,19,21). The van der Waals surface area contributed by atoms with E-state index in [0.29, 0.717) is 5.75 Å². The maximum absolute atomic E-state index is 12.8. The number of carbonyl (C=O) groups is 2. The van der Waals surface area contributed by atoms with E-state index in [9.17, 15) is 18.0 Å². The van der Waals surface area contributed by atoms with E-state index in [-0.39, 0.29) is 34.3 Å². The molecule has 0 aliphatic carbocycles. The van der Waals surface area contributed by atoms with Crippen LogP contribution >= 0.6 is 0 Å². The fourth-order valence-electron chi connectivity index (χ4n) is 2.30. The highest BCUT2D eigenvalue weighted by atomic mass is 32.2. The maximum Gasteiger partial charge on any atom is 0.340 e. The summed E-state index contributed by atoms with van der Waals surface area (Å²) in [5, 5.41) is 2.52. The average molecular weight is 392 g/mol. The number of anilines is 2. The summed E-state index contributed by atoms with van der Waals surface area (Å²) in [6.07, 6.45) is 0. The van der Waals surface area contributed by atoms with Crippen LogP contribution in [0.4, 0.5) is 11.4 Å². The van der Waals surface area contributed by atoms with Crippen LogP contribution in [0.25, 0.3) is 0 Å². The largest absolute Gasteiger partial charge is 0.495 e. The zero-order valence-electron chi connectivity index (χ0n) is 15.1. The summed E-state index contributed by atoms with van der Waals surface area (Å²) < 4.78 is 38.0. The van der Waals surface area contributed by atoms with Gasteiger partial charge in [0.2, 0.25) is 5.91 Å². The molecule has 2 N–H and O–H groups in total. The topological polar surface area (TPSA) is 111 Å². The molecule has 0 aliphatic heterocycles. The highest BCUT2D eigenvalue weighted by Crippen LogP contribution is 2.29. The first-order chi connectivity index (χ1) is 12.8. The predicted octanol–water partition coefficient (Wildman–Crippen LogP) is 2.63. The van der Waals surface area contributed by atoms with Crippen LogP contribution in [0.3, 0.4) is 0 Å². The summed E-state index contributed by atoms with van der Waals surface area (Å²) in [7, 11) is -2.63. The van der Waals surface area contributed by atoms with E-state index in [0.717, 1.165) is 0 Å². The van der Waals surface area contributed by atoms with Crippen molar-refractivity contribution in [1.82, 2.24) is 0 Å². The molecule has 9 heteroatoms. The minimum absolute atomic E-state index is 0.0906. The summed E-state index contributed by atoms with van der Waals surface area (Å²) in [5.41, 5.74) is 0.401. The molecule has 8 nitrogen and oxygen atoms in total. The van der Waals surface area contributed by atoms with Crippen LogP contribution in [-0.2, 0) is 19.6 Å². The third-order valence-corrected chi connectivity index (χ3v) is 4.82. The van der Waals surface area contributed by atoms with Crippen LogP contribution in [0.15, 0.2) is 47.4 Å². The van der Waals surface area contributed by atoms with Gasteiger partial charge in [-0.2, -0.15) is 0 Å². The SMILES string of the molecule is CCOC(=O)c1ccccc1NS(=O)(=O)c1ccc(OC)c(NC(C)=O)c1. The smallest absolute Gasteiger partial charge is 0.340 e. The average Bonchev–Trinajstić information content (AvgIpc) is 2.61. The van der Waals surface area contributed by atoms with E-state index in [4.69, 9.17) is 9.47 Å². The Hall–Kier alpha value is -3.07. The summed E-state index contributed by atoms with van der Waals surface area (Å²) in [4.78, 5) is 23.3. The Kier molecular flexibility index (Phi) is 6.40. The molecule has 1 amide bonds. The molecule has 0 unspecified atom stereocenters. The second-order valence-corrected chi connectivity index (χ2v) is 7.10. The van der Waals surface area contributed by atoms with Crippen molar-refractivity contribution < 1.29 is 27.5 Å². The van der Waals surface area contributed by atoms with Crippen molar-refractivity contribution in [3.8, 4) is 5.75 Å². The van der Waals surface area contributed by atoms with Gasteiger partial charge in [0.1, 0.15) is 5.75 Å². The van der Waals surface area contributed by atoms with Crippen molar-refractivity contribution >= 4 is 33.3 Å². The number of nitrogens with one attached hydrogen (secondary N) is 2. The highest BCUT2D eigenvalue weighted by molar-refractivity contribution is 7.92. The quantitative estimate of drug-likeness (QED) is 0.701. The number of sulfonamides is 1. The molecule has 0 bridgehead atoms. The molecule has 0 atom stereocenters. The molecule has 27 heavy (non-hydrogen) atoms. The Balaban J connectivity index is 2.40. The highest BCUT2D eigenvalue weighted by Gasteiger charge is 2.21. The van der Waals surface area contributed by atoms with E-state index >= 15 is 0 Å². The van der Waals surface area contributed by atoms with E-state index < -0.39 is 16.0 Å². The van der Waals surface area contributed by atoms with E-state index in [1.165, 1.54) is 44.4 Å². The van der Waals surface area contributed by atoms with Gasteiger partial charge in [-0.05, 0) is 37.3 Å². The first-order valence-corrected chi connectivity index (χ1v) is 9.51. The van der Waals surface area contributed by atoms with Gasteiger partial charge in [-0.1, -0.05) is 12.1 Å². The van der Waals surface area contributed by atoms with Crippen LogP contribution < -0.4 is 14.8 Å². The Morgan fingerprint density at radius 2 is 1.78 bits per heavy atom. The molecular weight excluding hydrogens is 372 g/mol. The lowest BCUT2D eigenvalue weighted by molar-refractivity contribution is -0.114. The minimum Gasteiger partial charge on any atom is -0.495 e. The number of hydrogen-bond donors (Lipinski definition) is 2. The van der Waals surface area contributed by atoms with Crippen molar-refractivity contribution in [2.45, 2.75) is 18.7 Å². The molecule has 2 aromatic rings. The maximum atomic E-state index is 12.8. The van der Waals surface area contributed by atoms with E-state index in [1.54, 1.807) is 19.1 Å². The fraction of sp³-hybridized carbons (Fsp3) is 0.222. The Morgan fingerprint density at radius 3 is 2.41 bits per heavy atom. The molecule has 2 aromatic carbocycles. The van der Waals surface area contributed by atoms with Crippen LogP contribution in [0.5, 0.6) is 5.75 Å². The van der Waals surface area contributed by atoms with Gasteiger partial charge < -0.3 is 14.8 Å². The number of ether oxygens (including phenoxy) is 2. The molecule has 0 spiro atoms. The number of esters is 1. The minimum atomic E-state index is -4.03. The normalized spacial score (nSPS) is 10.8. The van der Waals surface area contributed by atoms with Gasteiger partial charge in [0.05, 0.1) is 35.6 Å². The number of hydrogen-bond acceptors (Lipinski definition) is 6. The first-order valence-electron chi connectivity index (χ1n) is 8.03. The van der Waals surface area contributed by atoms with Crippen LogP contribution in [0, 0.1) is 0 Å². The van der Waals surface area contributed by atoms with Gasteiger partial charge in [0, 0.05) is 6.92 Å². The number of amides is 1. The van der Waals surface area contributed by atoms with Crippen LogP contribution in [-0.4, -0.2) is 34.0 Å². The van der Waals surface area contributed by atoms with Gasteiger partial charge in [0.15, 0.2) is 0 Å². The Bertz CT molecular complexity index is 956. The molecule has 0 heterocycles. The predicted molar refractivity (Wildman–Crippen MR) is 101 cm³/mol. The molecular formula is C18H20N2O6S. The van der Waals surface area contributed by atoms with Gasteiger partial charge in [-0.15, -0.1) is 0 Å². The number of rotatable bonds is 7. The second-order valence-electron chi connectivity index (χ2n) is 5.41. The summed E-state index contributed by atoms with van der Waals surface area (Å²) in [6, 6.07) is 10.2. The van der Waals surface area contributed by atoms with E-state index in [1.807, 2.05) is 0 Å². The second kappa shape index (κ2) is 8.54. The Morgan fingerprint density at radius 1 is 1.07 bits per heavy atom. The number of para-hydroxylation sites is 1. The third-order valence-electron chi connectivity index (χ3n) is 3.46. The van der Waals surface area contributed by atoms with Crippen molar-refractivity contribution in [2.24, 2.45) is 0 Å². The molecule has 144 valence electrons. The molecule has 0 aromatic heterocycles. The van der Waals surface area contributed by atoms with Gasteiger partial charge >= 0.3 is 5.97 Å². The summed E-state index contributed by atoms with van der Waals surface area (Å²) >= 11 is 0. The lowest BCUT2D eigenvalue weighted by Crippen LogP contribution is -2.17.